The van der Waals surface area contributed by atoms with Crippen LogP contribution in [0.1, 0.15) is 16.7 Å². The Morgan fingerprint density at radius 1 is 0.259 bits per heavy atom. The zero-order valence-electron chi connectivity index (χ0n) is 45.1. The summed E-state index contributed by atoms with van der Waals surface area (Å²) in [5.41, 5.74) is 37.7. The molecule has 3 nitrogen and oxygen atoms in total. The van der Waals surface area contributed by atoms with Crippen molar-refractivity contribution in [1.82, 2.24) is 13.7 Å². The average molecular weight is 1020 g/mol. The normalized spacial score (nSPS) is 13.3. The summed E-state index contributed by atoms with van der Waals surface area (Å²) in [6.07, 6.45) is 0. The highest BCUT2D eigenvalue weighted by molar-refractivity contribution is 7.03. The third kappa shape index (κ3) is 5.53. The van der Waals surface area contributed by atoms with E-state index in [9.17, 15) is 0 Å². The fourth-order valence-electron chi connectivity index (χ4n) is 16.5. The highest BCUT2D eigenvalue weighted by atomic mass is 15.0. The van der Waals surface area contributed by atoms with Crippen LogP contribution in [0.3, 0.4) is 0 Å². The van der Waals surface area contributed by atoms with Crippen LogP contribution in [0.5, 0.6) is 0 Å². The van der Waals surface area contributed by atoms with E-state index < -0.39 is 0 Å². The molecule has 0 N–H and O–H groups in total. The number of rotatable bonds is 0. The number of hydrogen-bond donors (Lipinski definition) is 0. The Balaban J connectivity index is 0.0000000907. The Labute approximate surface area is 470 Å². The molecule has 0 aliphatic carbocycles. The minimum absolute atomic E-state index is 0.339. The van der Waals surface area contributed by atoms with Crippen molar-refractivity contribution in [1.29, 1.82) is 0 Å². The molecule has 21 rings (SSSR count). The number of aromatic nitrogens is 3. The standard InChI is InChI=1S/3C25H16BN/c1-15-7-4-11-19-23(15)18-10-6-14-22-24(18)26(19)20-12-5-9-17-16-8-2-3-13-21(16)27(22)25(17)20;1-15-12-13-16-18-7-5-11-23-24(18)26(21(16)14-15)20-9-4-8-19-17-6-2-3-10-22(17)27(23)25(19)20;1-15-12-13-20-19(14-15)17-7-5-11-23-24(17)26(20)21-9-4-8-18-16-6-2-3-10-22(16)27(23)25(18)21/h3*2-14H,1H3. The maximum Gasteiger partial charge on any atom is 0.248 e. The zero-order valence-corrected chi connectivity index (χ0v) is 45.1. The number of aryl methyl sites for hydroxylation is 3. The lowest BCUT2D eigenvalue weighted by Crippen LogP contribution is -2.53. The molecule has 0 saturated heterocycles. The first-order valence-corrected chi connectivity index (χ1v) is 28.8. The smallest absolute Gasteiger partial charge is 0.248 e. The van der Waals surface area contributed by atoms with Crippen molar-refractivity contribution in [3.63, 3.8) is 0 Å². The number of nitrogens with zero attached hydrogens (tertiary/aromatic N) is 3. The van der Waals surface area contributed by atoms with Crippen molar-refractivity contribution in [2.24, 2.45) is 0 Å². The molecule has 9 heterocycles. The van der Waals surface area contributed by atoms with E-state index in [1.54, 1.807) is 0 Å². The molecule has 15 aromatic rings. The van der Waals surface area contributed by atoms with Crippen molar-refractivity contribution in [3.05, 3.63) is 253 Å². The lowest BCUT2D eigenvalue weighted by atomic mass is 9.37. The zero-order chi connectivity index (χ0) is 53.1. The van der Waals surface area contributed by atoms with Gasteiger partial charge in [-0.05, 0) is 129 Å². The van der Waals surface area contributed by atoms with Gasteiger partial charge in [-0.1, -0.05) is 228 Å². The van der Waals surface area contributed by atoms with Crippen LogP contribution in [-0.2, 0) is 0 Å². The summed E-state index contributed by atoms with van der Waals surface area (Å²) in [5.74, 6) is 0. The summed E-state index contributed by atoms with van der Waals surface area (Å²) in [7, 11) is 0. The monoisotopic (exact) mass is 1020 g/mol. The number of para-hydroxylation sites is 6. The van der Waals surface area contributed by atoms with Crippen molar-refractivity contribution in [2.75, 3.05) is 0 Å². The fourth-order valence-corrected chi connectivity index (χ4v) is 16.5. The van der Waals surface area contributed by atoms with Gasteiger partial charge in [0, 0.05) is 65.9 Å². The van der Waals surface area contributed by atoms with Gasteiger partial charge in [-0.15, -0.1) is 0 Å². The third-order valence-electron chi connectivity index (χ3n) is 19.5. The molecule has 0 amide bonds. The maximum atomic E-state index is 2.50. The number of hydrogen-bond acceptors (Lipinski definition) is 0. The molecule has 0 unspecified atom stereocenters. The molecule has 6 aliphatic rings. The van der Waals surface area contributed by atoms with Crippen molar-refractivity contribution < 1.29 is 0 Å². The number of benzene rings is 12. The van der Waals surface area contributed by atoms with Crippen LogP contribution in [0.4, 0.5) is 0 Å². The number of fused-ring (bicyclic) bond motifs is 24. The Hall–Kier alpha value is -9.77. The van der Waals surface area contributed by atoms with E-state index in [4.69, 9.17) is 0 Å². The first kappa shape index (κ1) is 44.1. The molecule has 3 aromatic heterocycles. The largest absolute Gasteiger partial charge is 0.310 e. The van der Waals surface area contributed by atoms with Crippen molar-refractivity contribution in [2.45, 2.75) is 20.8 Å². The summed E-state index contributed by atoms with van der Waals surface area (Å²) in [5, 5.41) is 8.11. The van der Waals surface area contributed by atoms with Crippen molar-refractivity contribution >= 4 is 135 Å². The third-order valence-corrected chi connectivity index (χ3v) is 19.5. The Bertz CT molecular complexity index is 5310. The second-order valence-corrected chi connectivity index (χ2v) is 23.5. The van der Waals surface area contributed by atoms with Crippen LogP contribution in [0.25, 0.3) is 116 Å². The summed E-state index contributed by atoms with van der Waals surface area (Å²) in [4.78, 5) is 0. The van der Waals surface area contributed by atoms with E-state index in [1.807, 2.05) is 0 Å². The molecule has 6 aliphatic heterocycles. The maximum absolute atomic E-state index is 2.50. The molecule has 6 heteroatoms. The second-order valence-electron chi connectivity index (χ2n) is 23.5. The molecular formula is C75H48B3N3. The predicted octanol–water partition coefficient (Wildman–Crippen LogP) is 11.7. The van der Waals surface area contributed by atoms with E-state index in [-0.39, 0.29) is 0 Å². The van der Waals surface area contributed by atoms with E-state index in [1.165, 1.54) is 182 Å². The molecule has 12 aromatic carbocycles. The summed E-state index contributed by atoms with van der Waals surface area (Å²) in [6.45, 7) is 7.65. The fraction of sp³-hybridized carbons (Fsp3) is 0.0400. The molecule has 0 bridgehead atoms. The van der Waals surface area contributed by atoms with Gasteiger partial charge >= 0.3 is 0 Å². The van der Waals surface area contributed by atoms with Gasteiger partial charge in [-0.2, -0.15) is 0 Å². The minimum Gasteiger partial charge on any atom is -0.310 e. The van der Waals surface area contributed by atoms with Gasteiger partial charge in [-0.25, -0.2) is 0 Å². The molecule has 0 saturated carbocycles. The molecule has 0 spiro atoms. The molecule has 0 atom stereocenters. The lowest BCUT2D eigenvalue weighted by molar-refractivity contribution is 1.19. The quantitative estimate of drug-likeness (QED) is 0.135. The Morgan fingerprint density at radius 3 is 1.20 bits per heavy atom. The van der Waals surface area contributed by atoms with Gasteiger partial charge in [0.15, 0.2) is 0 Å². The van der Waals surface area contributed by atoms with Gasteiger partial charge in [-0.3, -0.25) is 0 Å². The van der Waals surface area contributed by atoms with Crippen LogP contribution in [0, 0.1) is 20.8 Å². The molecule has 372 valence electrons. The van der Waals surface area contributed by atoms with Crippen LogP contribution < -0.4 is 49.2 Å². The highest BCUT2D eigenvalue weighted by Crippen LogP contribution is 2.41. The molecular weight excluding hydrogens is 975 g/mol. The second kappa shape index (κ2) is 15.7. The van der Waals surface area contributed by atoms with E-state index in [0.29, 0.717) is 20.1 Å². The van der Waals surface area contributed by atoms with Gasteiger partial charge in [0.25, 0.3) is 0 Å². The SMILES string of the molecule is Cc1ccc2c(c1)-c1cccc3c1B2c1cccc2c4ccccc4n-3c12.Cc1ccc2c(c1)B1c3c-2cccc3-n2c3ccccc3c3cccc1c32.Cc1cccc2c1-c1cccc3c1B2c1cccc2c4ccccc4n-3c12. The molecule has 0 radical (unpaired) electrons. The van der Waals surface area contributed by atoms with Gasteiger partial charge in [0.2, 0.25) is 20.1 Å². The van der Waals surface area contributed by atoms with E-state index >= 15 is 0 Å². The van der Waals surface area contributed by atoms with E-state index in [0.717, 1.165) is 0 Å². The highest BCUT2D eigenvalue weighted by Gasteiger charge is 2.44. The summed E-state index contributed by atoms with van der Waals surface area (Å²) in [6, 6.07) is 88.1. The van der Waals surface area contributed by atoms with Crippen LogP contribution in [0.15, 0.2) is 237 Å². The van der Waals surface area contributed by atoms with Gasteiger partial charge in [0.1, 0.15) is 0 Å². The molecule has 0 fully saturated rings. The van der Waals surface area contributed by atoms with Crippen LogP contribution in [0.2, 0.25) is 0 Å². The topological polar surface area (TPSA) is 14.8 Å². The Kier molecular flexibility index (Phi) is 8.58. The van der Waals surface area contributed by atoms with Gasteiger partial charge in [0.05, 0.1) is 16.6 Å². The Morgan fingerprint density at radius 2 is 0.654 bits per heavy atom. The van der Waals surface area contributed by atoms with Gasteiger partial charge < -0.3 is 13.7 Å². The predicted molar refractivity (Wildman–Crippen MR) is 347 cm³/mol. The lowest BCUT2D eigenvalue weighted by Gasteiger charge is -2.24. The summed E-state index contributed by atoms with van der Waals surface area (Å²) >= 11 is 0. The van der Waals surface area contributed by atoms with Crippen LogP contribution >= 0.6 is 0 Å². The summed E-state index contributed by atoms with van der Waals surface area (Å²) < 4.78 is 7.48. The minimum atomic E-state index is 0.339. The molecule has 81 heavy (non-hydrogen) atoms. The van der Waals surface area contributed by atoms with Crippen LogP contribution in [-0.4, -0.2) is 33.8 Å². The average Bonchev–Trinajstić information content (AvgIpc) is 1.95. The first-order chi connectivity index (χ1) is 40.0. The van der Waals surface area contributed by atoms with Crippen molar-refractivity contribution in [3.8, 4) is 50.4 Å². The van der Waals surface area contributed by atoms with E-state index in [2.05, 4.69) is 271 Å². The first-order valence-electron chi connectivity index (χ1n) is 28.8.